The normalized spacial score (nSPS) is 14.1. The summed E-state index contributed by atoms with van der Waals surface area (Å²) in [5.74, 6) is -0.0138. The van der Waals surface area contributed by atoms with Crippen LogP contribution in [0.15, 0.2) is 0 Å². The number of methoxy groups -OCH3 is 1. The molecule has 1 N–H and O–H groups in total. The van der Waals surface area contributed by atoms with Crippen LogP contribution in [0, 0.1) is 0 Å². The molecule has 0 heterocycles. The maximum Gasteiger partial charge on any atom is 0.233 e. The highest BCUT2D eigenvalue weighted by Crippen LogP contribution is 2.05. The molecule has 3 nitrogen and oxygen atoms in total. The summed E-state index contributed by atoms with van der Waals surface area (Å²) in [5.41, 5.74) is -0.294. The summed E-state index contributed by atoms with van der Waals surface area (Å²) in [6.07, 6.45) is 0. The van der Waals surface area contributed by atoms with E-state index in [0.29, 0.717) is 6.54 Å². The first-order chi connectivity index (χ1) is 5.39. The molecule has 0 aliphatic heterocycles. The molecule has 1 atom stereocenters. The van der Waals surface area contributed by atoms with Crippen LogP contribution in [-0.4, -0.2) is 30.0 Å². The second kappa shape index (κ2) is 4.82. The number of rotatable bonds is 4. The molecule has 0 bridgehead atoms. The van der Waals surface area contributed by atoms with Crippen molar-refractivity contribution < 1.29 is 9.53 Å². The van der Waals surface area contributed by atoms with Crippen LogP contribution in [0.5, 0.6) is 0 Å². The van der Waals surface area contributed by atoms with E-state index in [9.17, 15) is 4.79 Å². The van der Waals surface area contributed by atoms with Crippen LogP contribution in [0.1, 0.15) is 20.8 Å². The Bertz CT molecular complexity index is 157. The Morgan fingerprint density at radius 2 is 2.17 bits per heavy atom. The molecule has 1 unspecified atom stereocenters. The Labute approximate surface area is 82.0 Å². The van der Waals surface area contributed by atoms with E-state index in [4.69, 9.17) is 4.74 Å². The fraction of sp³-hybridized carbons (Fsp3) is 0.875. The Kier molecular flexibility index (Phi) is 4.78. The zero-order valence-corrected chi connectivity index (χ0v) is 9.56. The third-order valence-electron chi connectivity index (χ3n) is 1.60. The van der Waals surface area contributed by atoms with E-state index in [-0.39, 0.29) is 16.3 Å². The van der Waals surface area contributed by atoms with Gasteiger partial charge in [0.15, 0.2) is 0 Å². The molecule has 0 aromatic rings. The van der Waals surface area contributed by atoms with Gasteiger partial charge in [-0.15, -0.1) is 0 Å². The first kappa shape index (κ1) is 11.9. The lowest BCUT2D eigenvalue weighted by Crippen LogP contribution is -2.41. The van der Waals surface area contributed by atoms with E-state index in [2.05, 4.69) is 21.2 Å². The van der Waals surface area contributed by atoms with Crippen LogP contribution in [0.2, 0.25) is 0 Å². The van der Waals surface area contributed by atoms with Crippen molar-refractivity contribution in [3.05, 3.63) is 0 Å². The summed E-state index contributed by atoms with van der Waals surface area (Å²) in [5, 5.41) is 2.76. The summed E-state index contributed by atoms with van der Waals surface area (Å²) >= 11 is 3.18. The number of hydrogen-bond acceptors (Lipinski definition) is 2. The minimum atomic E-state index is -0.294. The minimum Gasteiger partial charge on any atom is -0.377 e. The summed E-state index contributed by atoms with van der Waals surface area (Å²) in [6, 6.07) is 0. The SMILES string of the molecule is COC(C)(C)CNC(=O)C(C)Br. The Hall–Kier alpha value is -0.0900. The highest BCUT2D eigenvalue weighted by Gasteiger charge is 2.18. The van der Waals surface area contributed by atoms with Crippen LogP contribution in [0.4, 0.5) is 0 Å². The second-order valence-corrected chi connectivity index (χ2v) is 4.67. The first-order valence-electron chi connectivity index (χ1n) is 3.86. The summed E-state index contributed by atoms with van der Waals surface area (Å²) in [7, 11) is 1.63. The van der Waals surface area contributed by atoms with Gasteiger partial charge in [0.25, 0.3) is 0 Å². The van der Waals surface area contributed by atoms with Gasteiger partial charge in [-0.1, -0.05) is 15.9 Å². The van der Waals surface area contributed by atoms with E-state index < -0.39 is 0 Å². The summed E-state index contributed by atoms with van der Waals surface area (Å²) in [6.45, 7) is 6.16. The molecular formula is C8H16BrNO2. The molecule has 0 aliphatic rings. The van der Waals surface area contributed by atoms with Crippen molar-refractivity contribution in [3.8, 4) is 0 Å². The van der Waals surface area contributed by atoms with Gasteiger partial charge in [0.1, 0.15) is 0 Å². The average Bonchev–Trinajstić information content (AvgIpc) is 2.00. The average molecular weight is 238 g/mol. The minimum absolute atomic E-state index is 0.0138. The number of carbonyl (C=O) groups is 1. The van der Waals surface area contributed by atoms with Gasteiger partial charge in [-0.3, -0.25) is 4.79 Å². The van der Waals surface area contributed by atoms with Gasteiger partial charge in [0.2, 0.25) is 5.91 Å². The van der Waals surface area contributed by atoms with E-state index >= 15 is 0 Å². The lowest BCUT2D eigenvalue weighted by atomic mass is 10.1. The maximum atomic E-state index is 11.1. The Morgan fingerprint density at radius 1 is 1.67 bits per heavy atom. The van der Waals surface area contributed by atoms with E-state index in [0.717, 1.165) is 0 Å². The van der Waals surface area contributed by atoms with Crippen molar-refractivity contribution in [2.45, 2.75) is 31.2 Å². The zero-order valence-electron chi connectivity index (χ0n) is 7.98. The van der Waals surface area contributed by atoms with Gasteiger partial charge in [0, 0.05) is 13.7 Å². The predicted octanol–water partition coefficient (Wildman–Crippen LogP) is 1.31. The number of halogens is 1. The standard InChI is InChI=1S/C8H16BrNO2/c1-6(9)7(11)10-5-8(2,3)12-4/h6H,5H2,1-4H3,(H,10,11). The largest absolute Gasteiger partial charge is 0.377 e. The number of alkyl halides is 1. The number of ether oxygens (including phenoxy) is 1. The second-order valence-electron chi connectivity index (χ2n) is 3.30. The molecule has 72 valence electrons. The number of amides is 1. The van der Waals surface area contributed by atoms with Gasteiger partial charge in [-0.25, -0.2) is 0 Å². The van der Waals surface area contributed by atoms with E-state index in [1.807, 2.05) is 13.8 Å². The highest BCUT2D eigenvalue weighted by molar-refractivity contribution is 9.10. The van der Waals surface area contributed by atoms with Gasteiger partial charge in [-0.2, -0.15) is 0 Å². The molecule has 0 saturated heterocycles. The van der Waals surface area contributed by atoms with Crippen molar-refractivity contribution in [2.24, 2.45) is 0 Å². The van der Waals surface area contributed by atoms with Gasteiger partial charge in [-0.05, 0) is 20.8 Å². The van der Waals surface area contributed by atoms with Crippen LogP contribution in [0.3, 0.4) is 0 Å². The molecule has 4 heteroatoms. The quantitative estimate of drug-likeness (QED) is 0.750. The first-order valence-corrected chi connectivity index (χ1v) is 4.77. The van der Waals surface area contributed by atoms with Crippen LogP contribution < -0.4 is 5.32 Å². The smallest absolute Gasteiger partial charge is 0.233 e. The molecule has 0 fully saturated rings. The maximum absolute atomic E-state index is 11.1. The van der Waals surface area contributed by atoms with Crippen molar-refractivity contribution in [2.75, 3.05) is 13.7 Å². The molecule has 0 aromatic carbocycles. The molecular weight excluding hydrogens is 222 g/mol. The van der Waals surface area contributed by atoms with Gasteiger partial charge in [0.05, 0.1) is 10.4 Å². The van der Waals surface area contributed by atoms with Crippen molar-refractivity contribution >= 4 is 21.8 Å². The summed E-state index contributed by atoms with van der Waals surface area (Å²) < 4.78 is 5.14. The fourth-order valence-electron chi connectivity index (χ4n) is 0.513. The number of hydrogen-bond donors (Lipinski definition) is 1. The van der Waals surface area contributed by atoms with Crippen molar-refractivity contribution in [1.29, 1.82) is 0 Å². The molecule has 0 aromatic heterocycles. The lowest BCUT2D eigenvalue weighted by Gasteiger charge is -2.23. The predicted molar refractivity (Wildman–Crippen MR) is 52.5 cm³/mol. The van der Waals surface area contributed by atoms with Crippen molar-refractivity contribution in [1.82, 2.24) is 5.32 Å². The molecule has 0 rings (SSSR count). The van der Waals surface area contributed by atoms with Crippen LogP contribution in [-0.2, 0) is 9.53 Å². The molecule has 0 radical (unpaired) electrons. The molecule has 0 spiro atoms. The van der Waals surface area contributed by atoms with Crippen LogP contribution >= 0.6 is 15.9 Å². The molecule has 0 aliphatic carbocycles. The fourth-order valence-corrected chi connectivity index (χ4v) is 0.675. The number of nitrogens with one attached hydrogen (secondary N) is 1. The summed E-state index contributed by atoms with van der Waals surface area (Å²) in [4.78, 5) is 10.9. The molecule has 12 heavy (non-hydrogen) atoms. The Morgan fingerprint density at radius 3 is 2.50 bits per heavy atom. The topological polar surface area (TPSA) is 38.3 Å². The van der Waals surface area contributed by atoms with Crippen molar-refractivity contribution in [3.63, 3.8) is 0 Å². The van der Waals surface area contributed by atoms with E-state index in [1.165, 1.54) is 0 Å². The molecule has 0 saturated carbocycles. The van der Waals surface area contributed by atoms with Gasteiger partial charge < -0.3 is 10.1 Å². The number of carbonyl (C=O) groups excluding carboxylic acids is 1. The Balaban J connectivity index is 3.76. The van der Waals surface area contributed by atoms with Gasteiger partial charge >= 0.3 is 0 Å². The molecule has 1 amide bonds. The monoisotopic (exact) mass is 237 g/mol. The third-order valence-corrected chi connectivity index (χ3v) is 2.02. The third kappa shape index (κ3) is 4.72. The zero-order chi connectivity index (χ0) is 9.78. The van der Waals surface area contributed by atoms with Crippen LogP contribution in [0.25, 0.3) is 0 Å². The lowest BCUT2D eigenvalue weighted by molar-refractivity contribution is -0.121. The highest BCUT2D eigenvalue weighted by atomic mass is 79.9. The van der Waals surface area contributed by atoms with E-state index in [1.54, 1.807) is 14.0 Å².